The number of benzene rings is 2. The standard InChI is InChI=1S/C22H24N2O2S/c1-2-3-4-5-6-12-26-19-9-7-8-17(13-19)15-23-22(25)18-10-11-20-21(14-18)27-16-24-20/h2-3,7-11,13-14,16H,4-6,12,15H2,1H3,(H,23,25). The van der Waals surface area contributed by atoms with Crippen molar-refractivity contribution in [2.24, 2.45) is 0 Å². The summed E-state index contributed by atoms with van der Waals surface area (Å²) >= 11 is 1.54. The first-order valence-corrected chi connectivity index (χ1v) is 10.1. The van der Waals surface area contributed by atoms with Gasteiger partial charge in [-0.05, 0) is 62.1 Å². The van der Waals surface area contributed by atoms with Crippen molar-refractivity contribution >= 4 is 27.5 Å². The molecule has 1 heterocycles. The maximum Gasteiger partial charge on any atom is 0.251 e. The van der Waals surface area contributed by atoms with E-state index in [1.807, 2.05) is 49.4 Å². The van der Waals surface area contributed by atoms with E-state index in [4.69, 9.17) is 4.74 Å². The Balaban J connectivity index is 1.49. The lowest BCUT2D eigenvalue weighted by Crippen LogP contribution is -2.22. The first-order chi connectivity index (χ1) is 13.3. The van der Waals surface area contributed by atoms with Gasteiger partial charge in [0, 0.05) is 12.1 Å². The second kappa shape index (κ2) is 9.88. The molecule has 0 aliphatic heterocycles. The molecule has 1 amide bonds. The monoisotopic (exact) mass is 380 g/mol. The van der Waals surface area contributed by atoms with Crippen molar-refractivity contribution in [2.45, 2.75) is 32.7 Å². The number of hydrogen-bond acceptors (Lipinski definition) is 4. The smallest absolute Gasteiger partial charge is 0.251 e. The second-order valence-electron chi connectivity index (χ2n) is 6.28. The Morgan fingerprint density at radius 3 is 3.04 bits per heavy atom. The van der Waals surface area contributed by atoms with Crippen molar-refractivity contribution in [2.75, 3.05) is 6.61 Å². The molecule has 0 fully saturated rings. The molecule has 0 unspecified atom stereocenters. The summed E-state index contributed by atoms with van der Waals surface area (Å²) in [6, 6.07) is 13.5. The number of fused-ring (bicyclic) bond motifs is 1. The average Bonchev–Trinajstić information content (AvgIpc) is 3.17. The van der Waals surface area contributed by atoms with E-state index >= 15 is 0 Å². The number of carbonyl (C=O) groups is 1. The van der Waals surface area contributed by atoms with Crippen molar-refractivity contribution in [3.63, 3.8) is 0 Å². The van der Waals surface area contributed by atoms with Crippen LogP contribution in [0.2, 0.25) is 0 Å². The van der Waals surface area contributed by atoms with Crippen LogP contribution in [0.1, 0.15) is 42.1 Å². The number of thiazole rings is 1. The van der Waals surface area contributed by atoms with E-state index in [-0.39, 0.29) is 5.91 Å². The summed E-state index contributed by atoms with van der Waals surface area (Å²) in [5.74, 6) is 0.763. The van der Waals surface area contributed by atoms with Gasteiger partial charge in [-0.15, -0.1) is 11.3 Å². The molecule has 0 atom stereocenters. The second-order valence-corrected chi connectivity index (χ2v) is 7.16. The highest BCUT2D eigenvalue weighted by atomic mass is 32.1. The van der Waals surface area contributed by atoms with E-state index in [1.54, 1.807) is 5.51 Å². The number of nitrogens with zero attached hydrogens (tertiary/aromatic N) is 1. The van der Waals surface area contributed by atoms with E-state index in [0.717, 1.165) is 40.8 Å². The van der Waals surface area contributed by atoms with Gasteiger partial charge in [0.25, 0.3) is 5.91 Å². The third kappa shape index (κ3) is 5.66. The SMILES string of the molecule is CC=CCCCCOc1cccc(CNC(=O)c2ccc3ncsc3c2)c1. The zero-order valence-corrected chi connectivity index (χ0v) is 16.3. The van der Waals surface area contributed by atoms with E-state index in [2.05, 4.69) is 22.5 Å². The van der Waals surface area contributed by atoms with Crippen molar-refractivity contribution in [1.82, 2.24) is 10.3 Å². The molecule has 27 heavy (non-hydrogen) atoms. The Bertz CT molecular complexity index is 917. The van der Waals surface area contributed by atoms with Crippen LogP contribution in [0.15, 0.2) is 60.1 Å². The van der Waals surface area contributed by atoms with Crippen LogP contribution in [0, 0.1) is 0 Å². The number of ether oxygens (including phenoxy) is 1. The fourth-order valence-corrected chi connectivity index (χ4v) is 3.46. The van der Waals surface area contributed by atoms with E-state index in [9.17, 15) is 4.79 Å². The predicted octanol–water partition coefficient (Wildman–Crippen LogP) is 5.35. The summed E-state index contributed by atoms with van der Waals surface area (Å²) in [5.41, 5.74) is 4.39. The Hall–Kier alpha value is -2.66. The van der Waals surface area contributed by atoms with Crippen LogP contribution < -0.4 is 10.1 Å². The summed E-state index contributed by atoms with van der Waals surface area (Å²) in [6.45, 7) is 3.22. The largest absolute Gasteiger partial charge is 0.494 e. The summed E-state index contributed by atoms with van der Waals surface area (Å²) in [6.07, 6.45) is 7.51. The normalized spacial score (nSPS) is 11.1. The zero-order valence-electron chi connectivity index (χ0n) is 15.5. The molecule has 0 saturated carbocycles. The summed E-state index contributed by atoms with van der Waals surface area (Å²) in [4.78, 5) is 16.6. The Kier molecular flexibility index (Phi) is 6.99. The highest BCUT2D eigenvalue weighted by Gasteiger charge is 2.07. The first-order valence-electron chi connectivity index (χ1n) is 9.20. The molecule has 3 rings (SSSR count). The van der Waals surface area contributed by atoms with E-state index in [1.165, 1.54) is 11.3 Å². The topological polar surface area (TPSA) is 51.2 Å². The van der Waals surface area contributed by atoms with Crippen LogP contribution in [0.25, 0.3) is 10.2 Å². The van der Waals surface area contributed by atoms with Gasteiger partial charge in [0.15, 0.2) is 0 Å². The number of aromatic nitrogens is 1. The zero-order chi connectivity index (χ0) is 18.9. The maximum atomic E-state index is 12.4. The molecule has 0 bridgehead atoms. The minimum absolute atomic E-state index is 0.0828. The van der Waals surface area contributed by atoms with Gasteiger partial charge in [0.2, 0.25) is 0 Å². The molecule has 0 radical (unpaired) electrons. The lowest BCUT2D eigenvalue weighted by Gasteiger charge is -2.09. The van der Waals surface area contributed by atoms with Gasteiger partial charge in [-0.1, -0.05) is 24.3 Å². The van der Waals surface area contributed by atoms with Crippen LogP contribution in [-0.2, 0) is 6.54 Å². The fourth-order valence-electron chi connectivity index (χ4n) is 2.75. The van der Waals surface area contributed by atoms with Crippen molar-refractivity contribution in [3.8, 4) is 5.75 Å². The molecular formula is C22H24N2O2S. The van der Waals surface area contributed by atoms with Gasteiger partial charge in [0.1, 0.15) is 5.75 Å². The third-order valence-electron chi connectivity index (χ3n) is 4.21. The molecule has 0 aliphatic carbocycles. The van der Waals surface area contributed by atoms with Gasteiger partial charge in [-0.25, -0.2) is 4.98 Å². The third-order valence-corrected chi connectivity index (χ3v) is 5.01. The van der Waals surface area contributed by atoms with Crippen molar-refractivity contribution < 1.29 is 9.53 Å². The quantitative estimate of drug-likeness (QED) is 0.402. The molecule has 4 nitrogen and oxygen atoms in total. The van der Waals surface area contributed by atoms with Crippen molar-refractivity contribution in [1.29, 1.82) is 0 Å². The predicted molar refractivity (Wildman–Crippen MR) is 111 cm³/mol. The summed E-state index contributed by atoms with van der Waals surface area (Å²) in [7, 11) is 0. The minimum Gasteiger partial charge on any atom is -0.494 e. The molecule has 1 aromatic heterocycles. The lowest BCUT2D eigenvalue weighted by atomic mass is 10.2. The summed E-state index contributed by atoms with van der Waals surface area (Å²) in [5, 5.41) is 2.97. The number of hydrogen-bond donors (Lipinski definition) is 1. The van der Waals surface area contributed by atoms with Gasteiger partial charge in [-0.2, -0.15) is 0 Å². The minimum atomic E-state index is -0.0828. The number of unbranched alkanes of at least 4 members (excludes halogenated alkanes) is 2. The number of nitrogens with one attached hydrogen (secondary N) is 1. The van der Waals surface area contributed by atoms with Gasteiger partial charge < -0.3 is 10.1 Å². The molecule has 5 heteroatoms. The van der Waals surface area contributed by atoms with Crippen molar-refractivity contribution in [3.05, 3.63) is 71.3 Å². The molecule has 3 aromatic rings. The molecule has 0 saturated heterocycles. The number of allylic oxidation sites excluding steroid dienone is 2. The lowest BCUT2D eigenvalue weighted by molar-refractivity contribution is 0.0951. The Morgan fingerprint density at radius 1 is 1.22 bits per heavy atom. The molecular weight excluding hydrogens is 356 g/mol. The van der Waals surface area contributed by atoms with E-state index in [0.29, 0.717) is 18.7 Å². The van der Waals surface area contributed by atoms with Gasteiger partial charge in [0.05, 0.1) is 22.3 Å². The van der Waals surface area contributed by atoms with Crippen LogP contribution in [-0.4, -0.2) is 17.5 Å². The average molecular weight is 381 g/mol. The van der Waals surface area contributed by atoms with Crippen LogP contribution in [0.5, 0.6) is 5.75 Å². The van der Waals surface area contributed by atoms with Gasteiger partial charge in [-0.3, -0.25) is 4.79 Å². The maximum absolute atomic E-state index is 12.4. The number of carbonyl (C=O) groups excluding carboxylic acids is 1. The molecule has 0 aliphatic rings. The van der Waals surface area contributed by atoms with E-state index < -0.39 is 0 Å². The first kappa shape index (κ1) is 19.1. The molecule has 2 aromatic carbocycles. The Morgan fingerprint density at radius 2 is 2.15 bits per heavy atom. The van der Waals surface area contributed by atoms with Crippen LogP contribution in [0.4, 0.5) is 0 Å². The highest BCUT2D eigenvalue weighted by Crippen LogP contribution is 2.19. The molecule has 0 spiro atoms. The highest BCUT2D eigenvalue weighted by molar-refractivity contribution is 7.16. The fraction of sp³-hybridized carbons (Fsp3) is 0.273. The summed E-state index contributed by atoms with van der Waals surface area (Å²) < 4.78 is 6.84. The van der Waals surface area contributed by atoms with Crippen LogP contribution >= 0.6 is 11.3 Å². The van der Waals surface area contributed by atoms with Gasteiger partial charge >= 0.3 is 0 Å². The molecule has 140 valence electrons. The number of rotatable bonds is 9. The molecule has 1 N–H and O–H groups in total. The van der Waals surface area contributed by atoms with Crippen LogP contribution in [0.3, 0.4) is 0 Å². The Labute approximate surface area is 163 Å². The number of amides is 1.